The minimum atomic E-state index is -1.04. The van der Waals surface area contributed by atoms with Gasteiger partial charge < -0.3 is 9.84 Å². The number of carboxylic acid groups (broad SMARTS) is 1. The number of aliphatic carboxylic acids is 1. The van der Waals surface area contributed by atoms with E-state index in [9.17, 15) is 9.59 Å². The van der Waals surface area contributed by atoms with Gasteiger partial charge in [-0.05, 0) is 47.9 Å². The summed E-state index contributed by atoms with van der Waals surface area (Å²) >= 11 is 1.56. The van der Waals surface area contributed by atoms with Gasteiger partial charge in [-0.1, -0.05) is 6.07 Å². The number of carbonyl (C=O) groups is 2. The number of hydrogen-bond acceptors (Lipinski definition) is 4. The van der Waals surface area contributed by atoms with Crippen molar-refractivity contribution in [3.05, 3.63) is 58.3 Å². The highest BCUT2D eigenvalue weighted by Crippen LogP contribution is 2.14. The molecule has 0 saturated heterocycles. The van der Waals surface area contributed by atoms with Crippen LogP contribution in [0, 0.1) is 0 Å². The zero-order valence-corrected chi connectivity index (χ0v) is 11.3. The summed E-state index contributed by atoms with van der Waals surface area (Å²) in [7, 11) is 0. The molecule has 0 aliphatic heterocycles. The van der Waals surface area contributed by atoms with Crippen molar-refractivity contribution in [2.75, 3.05) is 6.61 Å². The second-order valence-electron chi connectivity index (χ2n) is 3.92. The van der Waals surface area contributed by atoms with Crippen LogP contribution in [0.2, 0.25) is 0 Å². The van der Waals surface area contributed by atoms with E-state index in [4.69, 9.17) is 9.84 Å². The number of allylic oxidation sites excluding steroid dienone is 1. The number of carboxylic acids is 1. The maximum absolute atomic E-state index is 11.9. The molecular weight excluding hydrogens is 276 g/mol. The van der Waals surface area contributed by atoms with Crippen LogP contribution in [0.15, 0.2) is 47.9 Å². The summed E-state index contributed by atoms with van der Waals surface area (Å²) < 4.78 is 4.99. The molecule has 102 valence electrons. The molecule has 0 atom stereocenters. The minimum Gasteiger partial charge on any atom is -0.482 e. The number of carbonyl (C=O) groups excluding carboxylic acids is 1. The van der Waals surface area contributed by atoms with Crippen molar-refractivity contribution in [2.24, 2.45) is 0 Å². The first-order valence-electron chi connectivity index (χ1n) is 5.86. The van der Waals surface area contributed by atoms with Gasteiger partial charge in [-0.15, -0.1) is 11.3 Å². The molecule has 2 rings (SSSR count). The van der Waals surface area contributed by atoms with Gasteiger partial charge in [-0.3, -0.25) is 4.79 Å². The van der Waals surface area contributed by atoms with Gasteiger partial charge in [0.25, 0.3) is 0 Å². The standard InChI is InChI=1S/C15H12O4S/c16-14(8-7-13-2-1-9-20-13)11-3-5-12(6-4-11)19-10-15(17)18/h1-9H,10H2,(H,17,18)/b8-7+. The molecule has 4 nitrogen and oxygen atoms in total. The van der Waals surface area contributed by atoms with Crippen LogP contribution in [0.5, 0.6) is 5.75 Å². The number of hydrogen-bond donors (Lipinski definition) is 1. The summed E-state index contributed by atoms with van der Waals surface area (Å²) in [5.74, 6) is -0.724. The van der Waals surface area contributed by atoms with E-state index in [1.165, 1.54) is 6.08 Å². The average molecular weight is 288 g/mol. The summed E-state index contributed by atoms with van der Waals surface area (Å²) in [5.41, 5.74) is 0.528. The molecule has 1 N–H and O–H groups in total. The Hall–Kier alpha value is -2.40. The van der Waals surface area contributed by atoms with E-state index >= 15 is 0 Å². The molecule has 1 aromatic carbocycles. The molecule has 1 heterocycles. The lowest BCUT2D eigenvalue weighted by atomic mass is 10.1. The Morgan fingerprint density at radius 3 is 2.55 bits per heavy atom. The van der Waals surface area contributed by atoms with E-state index in [-0.39, 0.29) is 5.78 Å². The van der Waals surface area contributed by atoms with E-state index in [1.54, 1.807) is 41.7 Å². The highest BCUT2D eigenvalue weighted by Gasteiger charge is 2.03. The second-order valence-corrected chi connectivity index (χ2v) is 4.90. The van der Waals surface area contributed by atoms with Crippen LogP contribution in [0.4, 0.5) is 0 Å². The first-order chi connectivity index (χ1) is 9.65. The lowest BCUT2D eigenvalue weighted by Crippen LogP contribution is -2.09. The number of thiophene rings is 1. The summed E-state index contributed by atoms with van der Waals surface area (Å²) in [5, 5.41) is 10.4. The van der Waals surface area contributed by atoms with Crippen LogP contribution in [0.1, 0.15) is 15.2 Å². The van der Waals surface area contributed by atoms with Crippen molar-refractivity contribution < 1.29 is 19.4 Å². The molecule has 0 radical (unpaired) electrons. The topological polar surface area (TPSA) is 63.6 Å². The molecule has 0 spiro atoms. The first kappa shape index (κ1) is 14.0. The molecule has 0 bridgehead atoms. The molecule has 0 aliphatic carbocycles. The van der Waals surface area contributed by atoms with Crippen molar-refractivity contribution in [3.8, 4) is 5.75 Å². The van der Waals surface area contributed by atoms with Gasteiger partial charge in [0.2, 0.25) is 0 Å². The molecule has 0 saturated carbocycles. The second kappa shape index (κ2) is 6.68. The van der Waals surface area contributed by atoms with Gasteiger partial charge in [0, 0.05) is 10.4 Å². The molecule has 2 aromatic rings. The summed E-state index contributed by atoms with van der Waals surface area (Å²) in [6.45, 7) is -0.397. The van der Waals surface area contributed by atoms with Crippen molar-refractivity contribution in [2.45, 2.75) is 0 Å². The van der Waals surface area contributed by atoms with Crippen molar-refractivity contribution in [1.82, 2.24) is 0 Å². The van der Waals surface area contributed by atoms with Gasteiger partial charge in [0.1, 0.15) is 5.75 Å². The molecule has 0 fully saturated rings. The van der Waals surface area contributed by atoms with E-state index in [0.717, 1.165) is 4.88 Å². The molecule has 0 aliphatic rings. The van der Waals surface area contributed by atoms with E-state index in [1.807, 2.05) is 17.5 Å². The Bertz CT molecular complexity index is 612. The van der Waals surface area contributed by atoms with Crippen LogP contribution in [0.3, 0.4) is 0 Å². The van der Waals surface area contributed by atoms with Crippen LogP contribution < -0.4 is 4.74 Å². The highest BCUT2D eigenvalue weighted by atomic mass is 32.1. The largest absolute Gasteiger partial charge is 0.482 e. The summed E-state index contributed by atoms with van der Waals surface area (Å²) in [4.78, 5) is 23.3. The van der Waals surface area contributed by atoms with Gasteiger partial charge >= 0.3 is 5.97 Å². The predicted octanol–water partition coefficient (Wildman–Crippen LogP) is 3.11. The van der Waals surface area contributed by atoms with Crippen LogP contribution in [-0.2, 0) is 4.79 Å². The lowest BCUT2D eigenvalue weighted by molar-refractivity contribution is -0.139. The fraction of sp³-hybridized carbons (Fsp3) is 0.0667. The number of ether oxygens (including phenoxy) is 1. The smallest absolute Gasteiger partial charge is 0.341 e. The van der Waals surface area contributed by atoms with Crippen LogP contribution in [-0.4, -0.2) is 23.5 Å². The molecule has 0 amide bonds. The Morgan fingerprint density at radius 1 is 1.20 bits per heavy atom. The van der Waals surface area contributed by atoms with Crippen LogP contribution >= 0.6 is 11.3 Å². The fourth-order valence-corrected chi connectivity index (χ4v) is 2.12. The van der Waals surface area contributed by atoms with Gasteiger partial charge in [0.15, 0.2) is 12.4 Å². The van der Waals surface area contributed by atoms with Gasteiger partial charge in [-0.25, -0.2) is 4.79 Å². The third-order valence-electron chi connectivity index (χ3n) is 2.44. The third-order valence-corrected chi connectivity index (χ3v) is 3.28. The van der Waals surface area contributed by atoms with Crippen molar-refractivity contribution in [1.29, 1.82) is 0 Å². The number of benzene rings is 1. The van der Waals surface area contributed by atoms with Crippen molar-refractivity contribution in [3.63, 3.8) is 0 Å². The quantitative estimate of drug-likeness (QED) is 0.655. The lowest BCUT2D eigenvalue weighted by Gasteiger charge is -2.03. The molecule has 20 heavy (non-hydrogen) atoms. The first-order valence-corrected chi connectivity index (χ1v) is 6.74. The van der Waals surface area contributed by atoms with E-state index in [0.29, 0.717) is 11.3 Å². The van der Waals surface area contributed by atoms with Crippen molar-refractivity contribution >= 4 is 29.2 Å². The minimum absolute atomic E-state index is 0.108. The molecular formula is C15H12O4S. The van der Waals surface area contributed by atoms with E-state index < -0.39 is 12.6 Å². The fourth-order valence-electron chi connectivity index (χ4n) is 1.50. The monoisotopic (exact) mass is 288 g/mol. The normalized spacial score (nSPS) is 10.6. The Balaban J connectivity index is 1.98. The number of rotatable bonds is 6. The Labute approximate surface area is 119 Å². The molecule has 0 unspecified atom stereocenters. The molecule has 5 heteroatoms. The van der Waals surface area contributed by atoms with Gasteiger partial charge in [-0.2, -0.15) is 0 Å². The SMILES string of the molecule is O=C(O)COc1ccc(C(=O)/C=C/c2cccs2)cc1. The molecule has 1 aromatic heterocycles. The van der Waals surface area contributed by atoms with Crippen LogP contribution in [0.25, 0.3) is 6.08 Å². The van der Waals surface area contributed by atoms with Gasteiger partial charge in [0.05, 0.1) is 0 Å². The summed E-state index contributed by atoms with van der Waals surface area (Å²) in [6.07, 6.45) is 3.28. The third kappa shape index (κ3) is 4.07. The zero-order chi connectivity index (χ0) is 14.4. The Morgan fingerprint density at radius 2 is 1.95 bits per heavy atom. The Kier molecular flexibility index (Phi) is 4.68. The van der Waals surface area contributed by atoms with E-state index in [2.05, 4.69) is 0 Å². The number of ketones is 1. The highest BCUT2D eigenvalue weighted by molar-refractivity contribution is 7.10. The maximum atomic E-state index is 11.9. The maximum Gasteiger partial charge on any atom is 0.341 e. The average Bonchev–Trinajstić information content (AvgIpc) is 2.96. The summed E-state index contributed by atoms with van der Waals surface area (Å²) in [6, 6.07) is 10.2. The predicted molar refractivity (Wildman–Crippen MR) is 77.3 cm³/mol. The zero-order valence-electron chi connectivity index (χ0n) is 10.5.